The normalized spacial score (nSPS) is 11.2. The number of hydrogen-bond acceptors (Lipinski definition) is 2. The summed E-state index contributed by atoms with van der Waals surface area (Å²) in [6.07, 6.45) is 0. The summed E-state index contributed by atoms with van der Waals surface area (Å²) in [5.41, 5.74) is 3.45. The van der Waals surface area contributed by atoms with Gasteiger partial charge in [0.1, 0.15) is 0 Å². The second-order valence-electron chi connectivity index (χ2n) is 4.33. The number of hydrogen-bond donors (Lipinski definition) is 1. The Bertz CT molecular complexity index is 787. The minimum atomic E-state index is 0.0277. The minimum absolute atomic E-state index is 0.0277. The van der Waals surface area contributed by atoms with Gasteiger partial charge in [0, 0.05) is 22.8 Å². The molecule has 1 N–H and O–H groups in total. The summed E-state index contributed by atoms with van der Waals surface area (Å²) in [5.74, 6) is 0. The molecule has 0 radical (unpaired) electrons. The molecule has 0 aliphatic carbocycles. The predicted molar refractivity (Wildman–Crippen MR) is 69.3 cm³/mol. The molecule has 0 atom stereocenters. The first-order valence-electron chi connectivity index (χ1n) is 5.55. The lowest BCUT2D eigenvalue weighted by Crippen LogP contribution is -2.04. The van der Waals surface area contributed by atoms with E-state index in [1.807, 2.05) is 38.1 Å². The molecular formula is C14H12N2O. The number of nitrogens with zero attached hydrogens (tertiary/aromatic N) is 1. The summed E-state index contributed by atoms with van der Waals surface area (Å²) < 4.78 is 0. The Hall–Kier alpha value is -2.16. The molecule has 3 rings (SSSR count). The molecule has 3 aromatic rings. The van der Waals surface area contributed by atoms with Gasteiger partial charge in [-0.25, -0.2) is 0 Å². The maximum absolute atomic E-state index is 12.1. The molecule has 0 aliphatic rings. The van der Waals surface area contributed by atoms with Crippen molar-refractivity contribution in [3.63, 3.8) is 0 Å². The molecule has 2 aromatic heterocycles. The topological polar surface area (TPSA) is 45.8 Å². The zero-order valence-electron chi connectivity index (χ0n) is 9.74. The fourth-order valence-electron chi connectivity index (χ4n) is 2.16. The number of aromatic nitrogens is 2. The van der Waals surface area contributed by atoms with Gasteiger partial charge in [-0.2, -0.15) is 0 Å². The van der Waals surface area contributed by atoms with Gasteiger partial charge in [-0.05, 0) is 26.0 Å². The quantitative estimate of drug-likeness (QED) is 0.597. The molecule has 3 nitrogen and oxygen atoms in total. The van der Waals surface area contributed by atoms with Crippen LogP contribution in [0.2, 0.25) is 0 Å². The molecule has 84 valence electrons. The third-order valence-corrected chi connectivity index (χ3v) is 2.93. The van der Waals surface area contributed by atoms with Crippen LogP contribution in [0.15, 0.2) is 35.1 Å². The smallest absolute Gasteiger partial charge is 0.191 e. The van der Waals surface area contributed by atoms with E-state index < -0.39 is 0 Å². The van der Waals surface area contributed by atoms with E-state index in [0.717, 1.165) is 27.8 Å². The summed E-state index contributed by atoms with van der Waals surface area (Å²) >= 11 is 0. The van der Waals surface area contributed by atoms with Crippen LogP contribution in [0.5, 0.6) is 0 Å². The fourth-order valence-corrected chi connectivity index (χ4v) is 2.16. The Morgan fingerprint density at radius 3 is 2.71 bits per heavy atom. The van der Waals surface area contributed by atoms with Crippen molar-refractivity contribution in [3.8, 4) is 0 Å². The van der Waals surface area contributed by atoms with E-state index in [4.69, 9.17) is 0 Å². The maximum Gasteiger partial charge on any atom is 0.191 e. The van der Waals surface area contributed by atoms with Crippen molar-refractivity contribution in [2.45, 2.75) is 13.8 Å². The molecule has 1 aromatic carbocycles. The number of nitrogens with one attached hydrogen (secondary N) is 1. The van der Waals surface area contributed by atoms with E-state index in [2.05, 4.69) is 9.97 Å². The molecule has 3 heteroatoms. The lowest BCUT2D eigenvalue weighted by molar-refractivity contribution is 1.23. The molecular weight excluding hydrogens is 212 g/mol. The maximum atomic E-state index is 12.1. The van der Waals surface area contributed by atoms with Crippen LogP contribution < -0.4 is 5.43 Å². The number of fused-ring (bicyclic) bond motifs is 3. The summed E-state index contributed by atoms with van der Waals surface area (Å²) in [4.78, 5) is 19.7. The van der Waals surface area contributed by atoms with Gasteiger partial charge < -0.3 is 4.98 Å². The first-order chi connectivity index (χ1) is 8.15. The molecule has 0 spiro atoms. The summed E-state index contributed by atoms with van der Waals surface area (Å²) in [6, 6.07) is 9.49. The SMILES string of the molecule is Cc1ccc2ccc3[nH]c(C)cc(=O)c3c2n1. The van der Waals surface area contributed by atoms with Crippen molar-refractivity contribution in [1.82, 2.24) is 9.97 Å². The van der Waals surface area contributed by atoms with E-state index in [1.165, 1.54) is 0 Å². The molecule has 0 amide bonds. The Balaban J connectivity index is 2.63. The lowest BCUT2D eigenvalue weighted by atomic mass is 10.1. The van der Waals surface area contributed by atoms with Crippen molar-refractivity contribution < 1.29 is 0 Å². The van der Waals surface area contributed by atoms with Gasteiger partial charge >= 0.3 is 0 Å². The zero-order chi connectivity index (χ0) is 12.0. The lowest BCUT2D eigenvalue weighted by Gasteiger charge is -2.04. The highest BCUT2D eigenvalue weighted by molar-refractivity contribution is 6.03. The van der Waals surface area contributed by atoms with Crippen LogP contribution in [-0.4, -0.2) is 9.97 Å². The summed E-state index contributed by atoms with van der Waals surface area (Å²) in [5, 5.41) is 1.68. The van der Waals surface area contributed by atoms with E-state index in [1.54, 1.807) is 6.07 Å². The Morgan fingerprint density at radius 2 is 1.88 bits per heavy atom. The molecule has 2 heterocycles. The van der Waals surface area contributed by atoms with E-state index in [0.29, 0.717) is 5.39 Å². The van der Waals surface area contributed by atoms with Crippen LogP contribution in [0.4, 0.5) is 0 Å². The largest absolute Gasteiger partial charge is 0.358 e. The molecule has 0 aliphatic heterocycles. The van der Waals surface area contributed by atoms with Crippen molar-refractivity contribution in [2.75, 3.05) is 0 Å². The standard InChI is InChI=1S/C14H12N2O/c1-8-3-4-10-5-6-11-13(14(10)16-8)12(17)7-9(2)15-11/h3-7H,1-2H3,(H,15,17). The van der Waals surface area contributed by atoms with Crippen LogP contribution in [0.1, 0.15) is 11.4 Å². The van der Waals surface area contributed by atoms with Crippen LogP contribution in [0.25, 0.3) is 21.8 Å². The summed E-state index contributed by atoms with van der Waals surface area (Å²) in [6.45, 7) is 3.81. The Kier molecular flexibility index (Phi) is 2.01. The number of benzene rings is 1. The number of pyridine rings is 2. The molecule has 0 saturated carbocycles. The molecule has 0 bridgehead atoms. The molecule has 0 saturated heterocycles. The Labute approximate surface area is 98.1 Å². The van der Waals surface area contributed by atoms with Crippen molar-refractivity contribution in [1.29, 1.82) is 0 Å². The van der Waals surface area contributed by atoms with Crippen LogP contribution >= 0.6 is 0 Å². The minimum Gasteiger partial charge on any atom is -0.358 e. The number of H-pyrrole nitrogens is 1. The van der Waals surface area contributed by atoms with Crippen molar-refractivity contribution in [3.05, 3.63) is 51.9 Å². The number of aryl methyl sites for hydroxylation is 2. The van der Waals surface area contributed by atoms with Crippen LogP contribution in [-0.2, 0) is 0 Å². The third kappa shape index (κ3) is 1.51. The predicted octanol–water partition coefficient (Wildman–Crippen LogP) is 2.69. The van der Waals surface area contributed by atoms with Gasteiger partial charge in [-0.1, -0.05) is 12.1 Å². The van der Waals surface area contributed by atoms with Gasteiger partial charge in [0.2, 0.25) is 0 Å². The van der Waals surface area contributed by atoms with Gasteiger partial charge in [0.05, 0.1) is 16.4 Å². The summed E-state index contributed by atoms with van der Waals surface area (Å²) in [7, 11) is 0. The molecule has 0 unspecified atom stereocenters. The number of rotatable bonds is 0. The second-order valence-corrected chi connectivity index (χ2v) is 4.33. The molecule has 0 fully saturated rings. The Morgan fingerprint density at radius 1 is 1.12 bits per heavy atom. The highest BCUT2D eigenvalue weighted by Gasteiger charge is 2.06. The second kappa shape index (κ2) is 3.42. The van der Waals surface area contributed by atoms with Crippen molar-refractivity contribution in [2.24, 2.45) is 0 Å². The number of aromatic amines is 1. The average Bonchev–Trinajstić information content (AvgIpc) is 2.27. The van der Waals surface area contributed by atoms with E-state index in [-0.39, 0.29) is 5.43 Å². The van der Waals surface area contributed by atoms with Gasteiger partial charge in [-0.15, -0.1) is 0 Å². The van der Waals surface area contributed by atoms with E-state index >= 15 is 0 Å². The zero-order valence-corrected chi connectivity index (χ0v) is 9.74. The van der Waals surface area contributed by atoms with Crippen LogP contribution in [0, 0.1) is 13.8 Å². The highest BCUT2D eigenvalue weighted by atomic mass is 16.1. The van der Waals surface area contributed by atoms with E-state index in [9.17, 15) is 4.79 Å². The fraction of sp³-hybridized carbons (Fsp3) is 0.143. The van der Waals surface area contributed by atoms with Gasteiger partial charge in [0.15, 0.2) is 5.43 Å². The molecule has 17 heavy (non-hydrogen) atoms. The van der Waals surface area contributed by atoms with Crippen LogP contribution in [0.3, 0.4) is 0 Å². The average molecular weight is 224 g/mol. The highest BCUT2D eigenvalue weighted by Crippen LogP contribution is 2.20. The van der Waals surface area contributed by atoms with Gasteiger partial charge in [-0.3, -0.25) is 9.78 Å². The van der Waals surface area contributed by atoms with Crippen molar-refractivity contribution >= 4 is 21.8 Å². The third-order valence-electron chi connectivity index (χ3n) is 2.93. The van der Waals surface area contributed by atoms with Gasteiger partial charge in [0.25, 0.3) is 0 Å². The first kappa shape index (κ1) is 10.0. The monoisotopic (exact) mass is 224 g/mol. The first-order valence-corrected chi connectivity index (χ1v) is 5.55.